The first-order chi connectivity index (χ1) is 12.2. The quantitative estimate of drug-likeness (QED) is 0.642. The normalized spacial score (nSPS) is 10.5. The Morgan fingerprint density at radius 1 is 1.04 bits per heavy atom. The number of nitrogens with one attached hydrogen (secondary N) is 3. The number of urea groups is 1. The highest BCUT2D eigenvalue weighted by Crippen LogP contribution is 2.25. The van der Waals surface area contributed by atoms with Crippen LogP contribution < -0.4 is 10.6 Å². The predicted octanol–water partition coefficient (Wildman–Crippen LogP) is 4.22. The first-order valence-corrected chi connectivity index (χ1v) is 8.46. The molecule has 0 fully saturated rings. The van der Waals surface area contributed by atoms with Gasteiger partial charge in [0.05, 0.1) is 11.4 Å². The fourth-order valence-electron chi connectivity index (χ4n) is 2.45. The molecule has 0 radical (unpaired) electrons. The summed E-state index contributed by atoms with van der Waals surface area (Å²) >= 11 is 5.92. The zero-order chi connectivity index (χ0) is 17.6. The summed E-state index contributed by atoms with van der Waals surface area (Å²) in [5, 5.41) is 13.6. The molecule has 25 heavy (non-hydrogen) atoms. The van der Waals surface area contributed by atoms with Crippen molar-refractivity contribution >= 4 is 17.6 Å². The van der Waals surface area contributed by atoms with Gasteiger partial charge < -0.3 is 10.6 Å². The fourth-order valence-corrected chi connectivity index (χ4v) is 2.57. The van der Waals surface area contributed by atoms with Gasteiger partial charge in [0.2, 0.25) is 0 Å². The Bertz CT molecular complexity index is 841. The van der Waals surface area contributed by atoms with Gasteiger partial charge >= 0.3 is 6.03 Å². The minimum atomic E-state index is -0.159. The highest BCUT2D eigenvalue weighted by molar-refractivity contribution is 6.30. The predicted molar refractivity (Wildman–Crippen MR) is 100 cm³/mol. The smallest absolute Gasteiger partial charge is 0.315 e. The number of hydrogen-bond acceptors (Lipinski definition) is 2. The highest BCUT2D eigenvalue weighted by atomic mass is 35.5. The monoisotopic (exact) mass is 354 g/mol. The number of rotatable bonds is 5. The Morgan fingerprint density at radius 3 is 2.40 bits per heavy atom. The Kier molecular flexibility index (Phi) is 5.36. The zero-order valence-corrected chi connectivity index (χ0v) is 14.6. The van der Waals surface area contributed by atoms with Gasteiger partial charge in [0, 0.05) is 23.7 Å². The second-order valence-electron chi connectivity index (χ2n) is 5.58. The summed E-state index contributed by atoms with van der Waals surface area (Å²) in [4.78, 5) is 11.4. The number of aromatic amines is 1. The second-order valence-corrected chi connectivity index (χ2v) is 6.02. The van der Waals surface area contributed by atoms with Crippen molar-refractivity contribution in [3.8, 4) is 22.5 Å². The van der Waals surface area contributed by atoms with Gasteiger partial charge in [-0.15, -0.1) is 0 Å². The molecular formula is C19H19ClN4O. The van der Waals surface area contributed by atoms with Gasteiger partial charge in [-0.2, -0.15) is 5.10 Å². The van der Waals surface area contributed by atoms with Crippen molar-refractivity contribution in [1.82, 2.24) is 20.8 Å². The van der Waals surface area contributed by atoms with Crippen LogP contribution >= 0.6 is 11.6 Å². The summed E-state index contributed by atoms with van der Waals surface area (Å²) in [6.07, 6.45) is 0. The molecule has 3 N–H and O–H groups in total. The van der Waals surface area contributed by atoms with E-state index in [4.69, 9.17) is 11.6 Å². The van der Waals surface area contributed by atoms with Crippen molar-refractivity contribution in [1.29, 1.82) is 0 Å². The molecule has 0 atom stereocenters. The number of amides is 2. The molecule has 3 rings (SSSR count). The zero-order valence-electron chi connectivity index (χ0n) is 13.8. The standard InChI is InChI=1S/C19H19ClN4O/c1-2-21-19(25)22-12-13-3-5-14(6-4-13)17-11-18(24-23-17)15-7-9-16(20)10-8-15/h3-11H,2,12H2,1H3,(H,23,24)(H2,21,22,25). The minimum Gasteiger partial charge on any atom is -0.338 e. The third kappa shape index (κ3) is 4.39. The number of carbonyl (C=O) groups is 1. The first kappa shape index (κ1) is 17.0. The lowest BCUT2D eigenvalue weighted by Gasteiger charge is -2.06. The van der Waals surface area contributed by atoms with E-state index in [1.807, 2.05) is 61.5 Å². The Balaban J connectivity index is 1.68. The number of hydrogen-bond donors (Lipinski definition) is 3. The van der Waals surface area contributed by atoms with Crippen LogP contribution in [-0.4, -0.2) is 22.8 Å². The van der Waals surface area contributed by atoms with Crippen LogP contribution in [0.5, 0.6) is 0 Å². The van der Waals surface area contributed by atoms with E-state index < -0.39 is 0 Å². The van der Waals surface area contributed by atoms with E-state index in [0.29, 0.717) is 18.1 Å². The van der Waals surface area contributed by atoms with Gasteiger partial charge in [-0.25, -0.2) is 4.79 Å². The van der Waals surface area contributed by atoms with Gasteiger partial charge in [0.1, 0.15) is 0 Å². The molecule has 5 nitrogen and oxygen atoms in total. The lowest BCUT2D eigenvalue weighted by Crippen LogP contribution is -2.34. The van der Waals surface area contributed by atoms with Crippen molar-refractivity contribution in [3.63, 3.8) is 0 Å². The van der Waals surface area contributed by atoms with E-state index in [1.165, 1.54) is 0 Å². The Hall–Kier alpha value is -2.79. The molecule has 128 valence electrons. The molecule has 0 aliphatic rings. The second kappa shape index (κ2) is 7.85. The van der Waals surface area contributed by atoms with E-state index in [2.05, 4.69) is 20.8 Å². The minimum absolute atomic E-state index is 0.159. The summed E-state index contributed by atoms with van der Waals surface area (Å²) in [5.74, 6) is 0. The highest BCUT2D eigenvalue weighted by Gasteiger charge is 2.06. The van der Waals surface area contributed by atoms with Crippen LogP contribution in [0.4, 0.5) is 4.79 Å². The third-order valence-electron chi connectivity index (χ3n) is 3.77. The Labute approximate surface area is 151 Å². The van der Waals surface area contributed by atoms with E-state index in [-0.39, 0.29) is 6.03 Å². The van der Waals surface area contributed by atoms with Gasteiger partial charge in [-0.1, -0.05) is 48.0 Å². The Morgan fingerprint density at radius 2 is 1.72 bits per heavy atom. The van der Waals surface area contributed by atoms with Crippen molar-refractivity contribution in [2.45, 2.75) is 13.5 Å². The van der Waals surface area contributed by atoms with Crippen molar-refractivity contribution in [2.75, 3.05) is 6.54 Å². The number of benzene rings is 2. The molecule has 1 heterocycles. The van der Waals surface area contributed by atoms with E-state index >= 15 is 0 Å². The SMILES string of the molecule is CCNC(=O)NCc1ccc(-c2cc(-c3ccc(Cl)cc3)n[nH]2)cc1. The average molecular weight is 355 g/mol. The van der Waals surface area contributed by atoms with Crippen molar-refractivity contribution in [3.05, 3.63) is 65.2 Å². The summed E-state index contributed by atoms with van der Waals surface area (Å²) < 4.78 is 0. The van der Waals surface area contributed by atoms with Crippen LogP contribution in [0.1, 0.15) is 12.5 Å². The molecule has 2 aromatic carbocycles. The fraction of sp³-hybridized carbons (Fsp3) is 0.158. The molecule has 3 aromatic rings. The first-order valence-electron chi connectivity index (χ1n) is 8.08. The largest absolute Gasteiger partial charge is 0.338 e. The number of halogens is 1. The lowest BCUT2D eigenvalue weighted by molar-refractivity contribution is 0.241. The molecule has 6 heteroatoms. The van der Waals surface area contributed by atoms with Crippen LogP contribution in [0.2, 0.25) is 5.02 Å². The molecule has 1 aromatic heterocycles. The van der Waals surface area contributed by atoms with Crippen LogP contribution in [-0.2, 0) is 6.54 Å². The summed E-state index contributed by atoms with van der Waals surface area (Å²) in [6, 6.07) is 17.4. The maximum atomic E-state index is 11.4. The van der Waals surface area contributed by atoms with E-state index in [0.717, 1.165) is 28.1 Å². The van der Waals surface area contributed by atoms with Crippen LogP contribution in [0.15, 0.2) is 54.6 Å². The lowest BCUT2D eigenvalue weighted by atomic mass is 10.1. The summed E-state index contributed by atoms with van der Waals surface area (Å²) in [5.41, 5.74) is 4.89. The van der Waals surface area contributed by atoms with E-state index in [1.54, 1.807) is 0 Å². The molecule has 0 saturated heterocycles. The molecule has 0 spiro atoms. The maximum absolute atomic E-state index is 11.4. The average Bonchev–Trinajstić information content (AvgIpc) is 3.11. The maximum Gasteiger partial charge on any atom is 0.315 e. The van der Waals surface area contributed by atoms with Crippen LogP contribution in [0, 0.1) is 0 Å². The molecule has 0 bridgehead atoms. The van der Waals surface area contributed by atoms with Gasteiger partial charge in [-0.05, 0) is 36.2 Å². The molecule has 0 unspecified atom stereocenters. The van der Waals surface area contributed by atoms with Crippen molar-refractivity contribution < 1.29 is 4.79 Å². The third-order valence-corrected chi connectivity index (χ3v) is 4.03. The summed E-state index contributed by atoms with van der Waals surface area (Å²) in [6.45, 7) is 2.99. The topological polar surface area (TPSA) is 69.8 Å². The summed E-state index contributed by atoms with van der Waals surface area (Å²) in [7, 11) is 0. The molecule has 0 aliphatic heterocycles. The van der Waals surface area contributed by atoms with Gasteiger partial charge in [-0.3, -0.25) is 5.10 Å². The molecule has 2 amide bonds. The van der Waals surface area contributed by atoms with Crippen LogP contribution in [0.25, 0.3) is 22.5 Å². The molecule has 0 aliphatic carbocycles. The molecular weight excluding hydrogens is 336 g/mol. The number of carbonyl (C=O) groups excluding carboxylic acids is 1. The van der Waals surface area contributed by atoms with Gasteiger partial charge in [0.25, 0.3) is 0 Å². The number of aromatic nitrogens is 2. The number of nitrogens with zero attached hydrogens (tertiary/aromatic N) is 1. The van der Waals surface area contributed by atoms with E-state index in [9.17, 15) is 4.79 Å². The van der Waals surface area contributed by atoms with Gasteiger partial charge in [0.15, 0.2) is 0 Å². The van der Waals surface area contributed by atoms with Crippen LogP contribution in [0.3, 0.4) is 0 Å². The van der Waals surface area contributed by atoms with Crippen molar-refractivity contribution in [2.24, 2.45) is 0 Å². The molecule has 0 saturated carbocycles. The number of H-pyrrole nitrogens is 1.